The molecule has 0 aliphatic carbocycles. The number of rotatable bonds is 5. The molecule has 0 radical (unpaired) electrons. The summed E-state index contributed by atoms with van der Waals surface area (Å²) in [6.07, 6.45) is 0. The second kappa shape index (κ2) is 6.92. The number of hydrogen-bond acceptors (Lipinski definition) is 5. The quantitative estimate of drug-likeness (QED) is 0.494. The number of aliphatic carboxylic acids is 1. The van der Waals surface area contributed by atoms with Crippen molar-refractivity contribution in [2.75, 3.05) is 45.8 Å². The fourth-order valence-electron chi connectivity index (χ4n) is 1.70. The van der Waals surface area contributed by atoms with Crippen LogP contribution in [0.4, 0.5) is 0 Å². The number of nitrogens with two attached hydrogens (primary N) is 1. The van der Waals surface area contributed by atoms with Crippen LogP contribution in [-0.4, -0.2) is 78.5 Å². The van der Waals surface area contributed by atoms with Gasteiger partial charge >= 0.3 is 5.97 Å². The van der Waals surface area contributed by atoms with Crippen molar-refractivity contribution in [2.45, 2.75) is 0 Å². The standard InChI is InChI=1S/C10H18N4O4/c11-5-8(15)12-6-9(16)14-3-1-13(2-4-14)7-10(17)18/h1-7,11H2,(H,12,15)(H,17,18). The van der Waals surface area contributed by atoms with Gasteiger partial charge in [0.25, 0.3) is 0 Å². The van der Waals surface area contributed by atoms with Crippen LogP contribution in [-0.2, 0) is 14.4 Å². The zero-order chi connectivity index (χ0) is 13.5. The first kappa shape index (κ1) is 14.4. The van der Waals surface area contributed by atoms with E-state index < -0.39 is 5.97 Å². The Bertz CT molecular complexity index is 326. The number of carboxylic acids is 1. The maximum Gasteiger partial charge on any atom is 0.317 e. The molecule has 1 fully saturated rings. The number of nitrogens with one attached hydrogen (secondary N) is 1. The summed E-state index contributed by atoms with van der Waals surface area (Å²) < 4.78 is 0. The Hall–Kier alpha value is -1.67. The third kappa shape index (κ3) is 4.68. The van der Waals surface area contributed by atoms with E-state index in [1.807, 2.05) is 0 Å². The van der Waals surface area contributed by atoms with Crippen LogP contribution in [0, 0.1) is 0 Å². The predicted molar refractivity (Wildman–Crippen MR) is 62.7 cm³/mol. The van der Waals surface area contributed by atoms with Gasteiger partial charge in [0, 0.05) is 26.2 Å². The van der Waals surface area contributed by atoms with Crippen molar-refractivity contribution in [3.63, 3.8) is 0 Å². The molecule has 0 aromatic carbocycles. The van der Waals surface area contributed by atoms with Crippen LogP contribution in [0.15, 0.2) is 0 Å². The summed E-state index contributed by atoms with van der Waals surface area (Å²) in [4.78, 5) is 36.5. The molecule has 18 heavy (non-hydrogen) atoms. The minimum Gasteiger partial charge on any atom is -0.480 e. The van der Waals surface area contributed by atoms with E-state index in [0.29, 0.717) is 26.2 Å². The van der Waals surface area contributed by atoms with Crippen LogP contribution >= 0.6 is 0 Å². The molecular weight excluding hydrogens is 240 g/mol. The van der Waals surface area contributed by atoms with Crippen LogP contribution in [0.5, 0.6) is 0 Å². The molecule has 1 aliphatic heterocycles. The predicted octanol–water partition coefficient (Wildman–Crippen LogP) is -2.71. The number of carbonyl (C=O) groups excluding carboxylic acids is 2. The number of hydrogen-bond donors (Lipinski definition) is 3. The van der Waals surface area contributed by atoms with Gasteiger partial charge in [-0.1, -0.05) is 0 Å². The molecule has 0 aromatic heterocycles. The average Bonchev–Trinajstić information content (AvgIpc) is 2.35. The minimum absolute atomic E-state index is 0.00800. The molecule has 1 aliphatic rings. The van der Waals surface area contributed by atoms with Gasteiger partial charge in [0.05, 0.1) is 19.6 Å². The Morgan fingerprint density at radius 3 is 2.28 bits per heavy atom. The topological polar surface area (TPSA) is 116 Å². The van der Waals surface area contributed by atoms with Crippen LogP contribution < -0.4 is 11.1 Å². The first-order chi connectivity index (χ1) is 8.52. The minimum atomic E-state index is -0.870. The zero-order valence-corrected chi connectivity index (χ0v) is 10.1. The van der Waals surface area contributed by atoms with Crippen LogP contribution in [0.1, 0.15) is 0 Å². The van der Waals surface area contributed by atoms with Crippen molar-refractivity contribution < 1.29 is 19.5 Å². The average molecular weight is 258 g/mol. The summed E-state index contributed by atoms with van der Waals surface area (Å²) in [7, 11) is 0. The number of amides is 2. The number of nitrogens with zero attached hydrogens (tertiary/aromatic N) is 2. The molecule has 0 unspecified atom stereocenters. The number of piperazine rings is 1. The summed E-state index contributed by atoms with van der Waals surface area (Å²) in [6.45, 7) is 1.81. The molecule has 0 spiro atoms. The summed E-state index contributed by atoms with van der Waals surface area (Å²) in [5, 5.41) is 11.0. The second-order valence-electron chi connectivity index (χ2n) is 4.03. The van der Waals surface area contributed by atoms with Gasteiger partial charge in [0.1, 0.15) is 0 Å². The number of carboxylic acid groups (broad SMARTS) is 1. The van der Waals surface area contributed by atoms with E-state index in [0.717, 1.165) is 0 Å². The van der Waals surface area contributed by atoms with Gasteiger partial charge in [-0.3, -0.25) is 19.3 Å². The van der Waals surface area contributed by atoms with Gasteiger partial charge in [0.2, 0.25) is 11.8 Å². The molecule has 1 heterocycles. The largest absolute Gasteiger partial charge is 0.480 e. The highest BCUT2D eigenvalue weighted by Crippen LogP contribution is 2.01. The van der Waals surface area contributed by atoms with Gasteiger partial charge < -0.3 is 21.1 Å². The van der Waals surface area contributed by atoms with E-state index in [2.05, 4.69) is 5.32 Å². The van der Waals surface area contributed by atoms with Crippen molar-refractivity contribution in [1.82, 2.24) is 15.1 Å². The van der Waals surface area contributed by atoms with E-state index in [4.69, 9.17) is 10.8 Å². The molecule has 2 amide bonds. The zero-order valence-electron chi connectivity index (χ0n) is 10.1. The van der Waals surface area contributed by atoms with Crippen molar-refractivity contribution in [2.24, 2.45) is 5.73 Å². The summed E-state index contributed by atoms with van der Waals surface area (Å²) in [6, 6.07) is 0. The molecule has 8 heteroatoms. The molecule has 1 saturated heterocycles. The van der Waals surface area contributed by atoms with Gasteiger partial charge in [-0.25, -0.2) is 0 Å². The normalized spacial score (nSPS) is 16.4. The van der Waals surface area contributed by atoms with Crippen molar-refractivity contribution in [3.05, 3.63) is 0 Å². The van der Waals surface area contributed by atoms with Crippen molar-refractivity contribution in [1.29, 1.82) is 0 Å². The SMILES string of the molecule is NCC(=O)NCC(=O)N1CCN(CC(=O)O)CC1. The van der Waals surface area contributed by atoms with E-state index in [1.54, 1.807) is 9.80 Å². The summed E-state index contributed by atoms with van der Waals surface area (Å²) in [5.74, 6) is -1.41. The molecule has 4 N–H and O–H groups in total. The molecule has 102 valence electrons. The fourth-order valence-corrected chi connectivity index (χ4v) is 1.70. The monoisotopic (exact) mass is 258 g/mol. The smallest absolute Gasteiger partial charge is 0.317 e. The van der Waals surface area contributed by atoms with Gasteiger partial charge in [0.15, 0.2) is 0 Å². The lowest BCUT2D eigenvalue weighted by molar-refractivity contribution is -0.139. The lowest BCUT2D eigenvalue weighted by Crippen LogP contribution is -2.52. The van der Waals surface area contributed by atoms with E-state index >= 15 is 0 Å². The maximum atomic E-state index is 11.7. The lowest BCUT2D eigenvalue weighted by atomic mass is 10.3. The first-order valence-corrected chi connectivity index (χ1v) is 5.71. The van der Waals surface area contributed by atoms with Crippen LogP contribution in [0.25, 0.3) is 0 Å². The van der Waals surface area contributed by atoms with Crippen molar-refractivity contribution >= 4 is 17.8 Å². The Labute approximate surface area is 105 Å². The third-order valence-corrected chi connectivity index (χ3v) is 2.71. The maximum absolute atomic E-state index is 11.7. The highest BCUT2D eigenvalue weighted by molar-refractivity contribution is 5.85. The lowest BCUT2D eigenvalue weighted by Gasteiger charge is -2.33. The number of carbonyl (C=O) groups is 3. The van der Waals surface area contributed by atoms with E-state index in [9.17, 15) is 14.4 Å². The summed E-state index contributed by atoms with van der Waals surface area (Å²) >= 11 is 0. The Morgan fingerprint density at radius 1 is 1.17 bits per heavy atom. The molecule has 1 rings (SSSR count). The van der Waals surface area contributed by atoms with E-state index in [-0.39, 0.29) is 31.4 Å². The second-order valence-corrected chi connectivity index (χ2v) is 4.03. The van der Waals surface area contributed by atoms with Crippen LogP contribution in [0.3, 0.4) is 0 Å². The molecular formula is C10H18N4O4. The van der Waals surface area contributed by atoms with Gasteiger partial charge in [-0.15, -0.1) is 0 Å². The van der Waals surface area contributed by atoms with E-state index in [1.165, 1.54) is 0 Å². The molecule has 0 bridgehead atoms. The fraction of sp³-hybridized carbons (Fsp3) is 0.700. The Kier molecular flexibility index (Phi) is 5.53. The summed E-state index contributed by atoms with van der Waals surface area (Å²) in [5.41, 5.74) is 5.10. The van der Waals surface area contributed by atoms with Crippen LogP contribution in [0.2, 0.25) is 0 Å². The third-order valence-electron chi connectivity index (χ3n) is 2.71. The highest BCUT2D eigenvalue weighted by Gasteiger charge is 2.22. The van der Waals surface area contributed by atoms with Gasteiger partial charge in [-0.2, -0.15) is 0 Å². The molecule has 0 aromatic rings. The molecule has 8 nitrogen and oxygen atoms in total. The highest BCUT2D eigenvalue weighted by atomic mass is 16.4. The van der Waals surface area contributed by atoms with Crippen molar-refractivity contribution in [3.8, 4) is 0 Å². The molecule has 0 atom stereocenters. The van der Waals surface area contributed by atoms with Gasteiger partial charge in [-0.05, 0) is 0 Å². The first-order valence-electron chi connectivity index (χ1n) is 5.71. The Morgan fingerprint density at radius 2 is 1.78 bits per heavy atom. The molecule has 0 saturated carbocycles. The Balaban J connectivity index is 2.27.